The molecule has 0 unspecified atom stereocenters. The normalized spacial score (nSPS) is 13.7. The highest BCUT2D eigenvalue weighted by Gasteiger charge is 2.20. The molecule has 0 saturated carbocycles. The Hall–Kier alpha value is -2.70. The molecule has 0 fully saturated rings. The van der Waals surface area contributed by atoms with Gasteiger partial charge < -0.3 is 10.6 Å². The molecule has 2 aromatic heterocycles. The number of carbonyl (C=O) groups excluding carboxylic acids is 2. The molecule has 0 saturated heterocycles. The van der Waals surface area contributed by atoms with Crippen molar-refractivity contribution >= 4 is 11.8 Å². The Morgan fingerprint density at radius 2 is 1.83 bits per heavy atom. The summed E-state index contributed by atoms with van der Waals surface area (Å²) in [4.78, 5) is 28.1. The van der Waals surface area contributed by atoms with E-state index in [1.807, 2.05) is 0 Å². The molecule has 0 atom stereocenters. The third-order valence-electron chi connectivity index (χ3n) is 4.12. The molecule has 2 heterocycles. The van der Waals surface area contributed by atoms with E-state index in [2.05, 4.69) is 25.8 Å². The van der Waals surface area contributed by atoms with Gasteiger partial charge in [-0.15, -0.1) is 0 Å². The lowest BCUT2D eigenvalue weighted by Crippen LogP contribution is -2.35. The number of aromatic nitrogens is 3. The van der Waals surface area contributed by atoms with E-state index in [1.54, 1.807) is 24.4 Å². The van der Waals surface area contributed by atoms with Crippen LogP contribution in [0.4, 0.5) is 0 Å². The van der Waals surface area contributed by atoms with Crippen LogP contribution in [0.1, 0.15) is 51.5 Å². The topological polar surface area (TPSA) is 99.8 Å². The first-order valence-corrected chi connectivity index (χ1v) is 8.29. The summed E-state index contributed by atoms with van der Waals surface area (Å²) in [7, 11) is 0. The van der Waals surface area contributed by atoms with Gasteiger partial charge in [-0.05, 0) is 37.8 Å². The zero-order valence-corrected chi connectivity index (χ0v) is 13.5. The average Bonchev–Trinajstić information content (AvgIpc) is 2.88. The average molecular weight is 327 g/mol. The molecule has 0 bridgehead atoms. The van der Waals surface area contributed by atoms with Gasteiger partial charge in [-0.25, -0.2) is 0 Å². The largest absolute Gasteiger partial charge is 0.349 e. The highest BCUT2D eigenvalue weighted by molar-refractivity contribution is 5.94. The standard InChI is InChI=1S/C17H21N5O2/c23-16(14-8-4-5-9-18-14)19-10-11-20-17(24)15-12-6-2-1-3-7-13(12)21-22-15/h4-5,8-9H,1-3,6-7,10-11H2,(H,19,23)(H,20,24)(H,21,22). The van der Waals surface area contributed by atoms with Crippen LogP contribution in [0.25, 0.3) is 0 Å². The molecular formula is C17H21N5O2. The van der Waals surface area contributed by atoms with E-state index in [4.69, 9.17) is 0 Å². The fourth-order valence-electron chi connectivity index (χ4n) is 2.87. The number of fused-ring (bicyclic) bond motifs is 1. The molecule has 2 amide bonds. The van der Waals surface area contributed by atoms with Crippen LogP contribution in [-0.2, 0) is 12.8 Å². The first kappa shape index (κ1) is 16.2. The second kappa shape index (κ2) is 7.72. The van der Waals surface area contributed by atoms with E-state index in [9.17, 15) is 9.59 Å². The first-order chi connectivity index (χ1) is 11.8. The Morgan fingerprint density at radius 1 is 1.04 bits per heavy atom. The Kier molecular flexibility index (Phi) is 5.20. The van der Waals surface area contributed by atoms with Gasteiger partial charge >= 0.3 is 0 Å². The van der Waals surface area contributed by atoms with Gasteiger partial charge in [-0.3, -0.25) is 19.7 Å². The van der Waals surface area contributed by atoms with Gasteiger partial charge in [-0.2, -0.15) is 5.10 Å². The Balaban J connectivity index is 1.48. The van der Waals surface area contributed by atoms with Gasteiger partial charge in [0, 0.05) is 30.5 Å². The summed E-state index contributed by atoms with van der Waals surface area (Å²) >= 11 is 0. The number of hydrogen-bond donors (Lipinski definition) is 3. The molecule has 24 heavy (non-hydrogen) atoms. The van der Waals surface area contributed by atoms with Crippen LogP contribution in [0.2, 0.25) is 0 Å². The zero-order valence-electron chi connectivity index (χ0n) is 13.5. The van der Waals surface area contributed by atoms with Gasteiger partial charge in [0.25, 0.3) is 11.8 Å². The molecule has 126 valence electrons. The molecule has 2 aromatic rings. The SMILES string of the molecule is O=C(NCCNC(=O)c1n[nH]c2c1CCCCC2)c1ccccn1. The van der Waals surface area contributed by atoms with Gasteiger partial charge in [-0.1, -0.05) is 12.5 Å². The van der Waals surface area contributed by atoms with Crippen molar-refractivity contribution in [3.05, 3.63) is 47.0 Å². The molecule has 3 rings (SSSR count). The molecule has 1 aliphatic rings. The highest BCUT2D eigenvalue weighted by atomic mass is 16.2. The maximum atomic E-state index is 12.3. The number of hydrogen-bond acceptors (Lipinski definition) is 4. The van der Waals surface area contributed by atoms with Crippen molar-refractivity contribution in [1.82, 2.24) is 25.8 Å². The maximum Gasteiger partial charge on any atom is 0.272 e. The lowest BCUT2D eigenvalue weighted by Gasteiger charge is -2.07. The predicted molar refractivity (Wildman–Crippen MR) is 88.8 cm³/mol. The van der Waals surface area contributed by atoms with Crippen molar-refractivity contribution in [2.24, 2.45) is 0 Å². The summed E-state index contributed by atoms with van der Waals surface area (Å²) in [5.74, 6) is -0.444. The van der Waals surface area contributed by atoms with Crippen molar-refractivity contribution in [2.45, 2.75) is 32.1 Å². The van der Waals surface area contributed by atoms with E-state index in [1.165, 1.54) is 6.42 Å². The van der Waals surface area contributed by atoms with E-state index in [-0.39, 0.29) is 11.8 Å². The second-order valence-electron chi connectivity index (χ2n) is 5.82. The second-order valence-corrected chi connectivity index (χ2v) is 5.82. The fraction of sp³-hybridized carbons (Fsp3) is 0.412. The summed E-state index contributed by atoms with van der Waals surface area (Å²) in [6, 6.07) is 5.16. The van der Waals surface area contributed by atoms with Gasteiger partial charge in [0.05, 0.1) is 0 Å². The van der Waals surface area contributed by atoms with Gasteiger partial charge in [0.1, 0.15) is 5.69 Å². The minimum absolute atomic E-state index is 0.193. The van der Waals surface area contributed by atoms with E-state index >= 15 is 0 Å². The number of nitrogens with zero attached hydrogens (tertiary/aromatic N) is 2. The summed E-state index contributed by atoms with van der Waals surface area (Å²) in [5, 5.41) is 12.7. The minimum atomic E-state index is -0.251. The van der Waals surface area contributed by atoms with Gasteiger partial charge in [0.2, 0.25) is 0 Å². The molecule has 3 N–H and O–H groups in total. The molecule has 0 radical (unpaired) electrons. The van der Waals surface area contributed by atoms with Crippen LogP contribution in [0.5, 0.6) is 0 Å². The van der Waals surface area contributed by atoms with E-state index < -0.39 is 0 Å². The van der Waals surface area contributed by atoms with Crippen molar-refractivity contribution in [3.8, 4) is 0 Å². The Bertz CT molecular complexity index is 711. The number of aryl methyl sites for hydroxylation is 1. The van der Waals surface area contributed by atoms with Crippen molar-refractivity contribution in [2.75, 3.05) is 13.1 Å². The lowest BCUT2D eigenvalue weighted by molar-refractivity contribution is 0.0922. The molecule has 0 spiro atoms. The number of carbonyl (C=O) groups is 2. The van der Waals surface area contributed by atoms with Crippen molar-refractivity contribution in [3.63, 3.8) is 0 Å². The summed E-state index contributed by atoms with van der Waals surface area (Å²) < 4.78 is 0. The molecule has 1 aliphatic carbocycles. The van der Waals surface area contributed by atoms with Crippen molar-refractivity contribution in [1.29, 1.82) is 0 Å². The van der Waals surface area contributed by atoms with Crippen LogP contribution < -0.4 is 10.6 Å². The van der Waals surface area contributed by atoms with Crippen LogP contribution >= 0.6 is 0 Å². The quantitative estimate of drug-likeness (QED) is 0.568. The number of pyridine rings is 1. The van der Waals surface area contributed by atoms with Crippen LogP contribution in [0, 0.1) is 0 Å². The van der Waals surface area contributed by atoms with Gasteiger partial charge in [0.15, 0.2) is 5.69 Å². The summed E-state index contributed by atoms with van der Waals surface area (Å²) in [6.45, 7) is 0.687. The Labute approximate surface area is 140 Å². The van der Waals surface area contributed by atoms with Crippen LogP contribution in [-0.4, -0.2) is 40.1 Å². The first-order valence-electron chi connectivity index (χ1n) is 8.29. The third kappa shape index (κ3) is 3.79. The zero-order chi connectivity index (χ0) is 16.8. The minimum Gasteiger partial charge on any atom is -0.349 e. The Morgan fingerprint density at radius 3 is 2.62 bits per heavy atom. The number of aromatic amines is 1. The summed E-state index contributed by atoms with van der Waals surface area (Å²) in [6.07, 6.45) is 6.83. The predicted octanol–water partition coefficient (Wildman–Crippen LogP) is 1.23. The molecular weight excluding hydrogens is 306 g/mol. The number of amides is 2. The number of nitrogens with one attached hydrogen (secondary N) is 3. The fourth-order valence-corrected chi connectivity index (χ4v) is 2.87. The maximum absolute atomic E-state index is 12.3. The molecule has 7 heteroatoms. The molecule has 0 aromatic carbocycles. The number of rotatable bonds is 5. The van der Waals surface area contributed by atoms with Crippen LogP contribution in [0.15, 0.2) is 24.4 Å². The van der Waals surface area contributed by atoms with Crippen LogP contribution in [0.3, 0.4) is 0 Å². The van der Waals surface area contributed by atoms with E-state index in [0.29, 0.717) is 24.5 Å². The van der Waals surface area contributed by atoms with E-state index in [0.717, 1.165) is 36.9 Å². The highest BCUT2D eigenvalue weighted by Crippen LogP contribution is 2.21. The monoisotopic (exact) mass is 327 g/mol. The molecule has 7 nitrogen and oxygen atoms in total. The smallest absolute Gasteiger partial charge is 0.272 e. The van der Waals surface area contributed by atoms with Crippen molar-refractivity contribution < 1.29 is 9.59 Å². The number of H-pyrrole nitrogens is 1. The molecule has 0 aliphatic heterocycles. The lowest BCUT2D eigenvalue weighted by atomic mass is 10.1. The summed E-state index contributed by atoms with van der Waals surface area (Å²) in [5.41, 5.74) is 2.98. The third-order valence-corrected chi connectivity index (χ3v) is 4.12.